The minimum atomic E-state index is 0.0629. The van der Waals surface area contributed by atoms with E-state index in [-0.39, 0.29) is 11.5 Å². The van der Waals surface area contributed by atoms with Crippen LogP contribution in [0.1, 0.15) is 120 Å². The van der Waals surface area contributed by atoms with Crippen molar-refractivity contribution in [1.29, 1.82) is 0 Å². The molecule has 0 aromatic heterocycles. The molecule has 2 nitrogen and oxygen atoms in total. The Balaban J connectivity index is 1.47. The fourth-order valence-electron chi connectivity index (χ4n) is 4.27. The lowest BCUT2D eigenvalue weighted by Gasteiger charge is -2.07. The van der Waals surface area contributed by atoms with Gasteiger partial charge in [0, 0.05) is 11.8 Å². The third-order valence-corrected chi connectivity index (χ3v) is 6.21. The zero-order valence-corrected chi connectivity index (χ0v) is 19.1. The Morgan fingerprint density at radius 2 is 1.17 bits per heavy atom. The number of carbonyl (C=O) groups excluding carboxylic acids is 1. The van der Waals surface area contributed by atoms with Gasteiger partial charge in [0.1, 0.15) is 5.75 Å². The maximum absolute atomic E-state index is 12.5. The van der Waals surface area contributed by atoms with Crippen LogP contribution >= 0.6 is 0 Å². The van der Waals surface area contributed by atoms with Gasteiger partial charge in [0.2, 0.25) is 0 Å². The molecule has 30 heavy (non-hydrogen) atoms. The summed E-state index contributed by atoms with van der Waals surface area (Å²) in [7, 11) is 0. The van der Waals surface area contributed by atoms with Crippen LogP contribution in [0.3, 0.4) is 0 Å². The predicted molar refractivity (Wildman–Crippen MR) is 129 cm³/mol. The molecule has 2 heteroatoms. The average Bonchev–Trinajstić information content (AvgIpc) is 2.76. The van der Waals surface area contributed by atoms with Crippen LogP contribution in [0, 0.1) is 0 Å². The third-order valence-electron chi connectivity index (χ3n) is 6.21. The monoisotopic (exact) mass is 410 g/mol. The van der Waals surface area contributed by atoms with Gasteiger partial charge in [-0.2, -0.15) is 0 Å². The number of hydrogen-bond acceptors (Lipinski definition) is 2. The quantitative estimate of drug-likeness (QED) is 0.209. The zero-order chi connectivity index (χ0) is 21.4. The van der Waals surface area contributed by atoms with E-state index in [2.05, 4.69) is 6.92 Å². The van der Waals surface area contributed by atoms with E-state index >= 15 is 0 Å². The molecule has 0 fully saturated rings. The van der Waals surface area contributed by atoms with E-state index in [1.54, 1.807) is 6.07 Å². The number of phenols is 1. The topological polar surface area (TPSA) is 37.3 Å². The number of hydrogen-bond donors (Lipinski definition) is 1. The van der Waals surface area contributed by atoms with E-state index in [4.69, 9.17) is 0 Å². The molecule has 2 aromatic carbocycles. The third kappa shape index (κ3) is 8.90. The molecule has 166 valence electrons. The van der Waals surface area contributed by atoms with E-state index < -0.39 is 0 Å². The second-order valence-corrected chi connectivity index (χ2v) is 8.81. The highest BCUT2D eigenvalue weighted by atomic mass is 16.3. The molecule has 0 heterocycles. The van der Waals surface area contributed by atoms with Gasteiger partial charge in [0.25, 0.3) is 0 Å². The van der Waals surface area contributed by atoms with Crippen LogP contribution < -0.4 is 0 Å². The van der Waals surface area contributed by atoms with Gasteiger partial charge in [0.05, 0.1) is 5.56 Å². The van der Waals surface area contributed by atoms with Gasteiger partial charge in [-0.05, 0) is 17.9 Å². The van der Waals surface area contributed by atoms with E-state index in [0.29, 0.717) is 12.0 Å². The molecular formula is C28H42O2. The first-order valence-electron chi connectivity index (χ1n) is 12.5. The first-order chi connectivity index (χ1) is 14.7. The van der Waals surface area contributed by atoms with Crippen LogP contribution in [-0.4, -0.2) is 10.9 Å². The SMILES string of the molecule is CCCCCCCCCCCCCCCCCC(=O)c1ccc2ccccc2c1O. The number of Topliss-reactive ketones (excluding diaryl/α,β-unsaturated/α-hetero) is 1. The molecule has 0 bridgehead atoms. The van der Waals surface area contributed by atoms with E-state index in [1.807, 2.05) is 30.3 Å². The van der Waals surface area contributed by atoms with Crippen LogP contribution in [0.25, 0.3) is 10.8 Å². The number of rotatable bonds is 17. The summed E-state index contributed by atoms with van der Waals surface area (Å²) in [4.78, 5) is 12.5. The number of carbonyl (C=O) groups is 1. The van der Waals surface area contributed by atoms with Gasteiger partial charge < -0.3 is 5.11 Å². The van der Waals surface area contributed by atoms with Gasteiger partial charge in [-0.3, -0.25) is 4.79 Å². The van der Waals surface area contributed by atoms with Crippen molar-refractivity contribution >= 4 is 16.6 Å². The molecule has 2 rings (SSSR count). The number of fused-ring (bicyclic) bond motifs is 1. The average molecular weight is 411 g/mol. The van der Waals surface area contributed by atoms with Crippen LogP contribution in [0.15, 0.2) is 36.4 Å². The van der Waals surface area contributed by atoms with E-state index in [9.17, 15) is 9.90 Å². The molecule has 0 unspecified atom stereocenters. The lowest BCUT2D eigenvalue weighted by atomic mass is 9.99. The second-order valence-electron chi connectivity index (χ2n) is 8.81. The molecule has 0 aliphatic carbocycles. The maximum Gasteiger partial charge on any atom is 0.166 e. The van der Waals surface area contributed by atoms with E-state index in [1.165, 1.54) is 83.5 Å². The Labute approximate surface area is 184 Å². The first kappa shape index (κ1) is 24.4. The summed E-state index contributed by atoms with van der Waals surface area (Å²) in [6.45, 7) is 2.28. The van der Waals surface area contributed by atoms with E-state index in [0.717, 1.165) is 23.6 Å². The molecule has 0 atom stereocenters. The lowest BCUT2D eigenvalue weighted by molar-refractivity contribution is 0.0976. The molecular weight excluding hydrogens is 368 g/mol. The Morgan fingerprint density at radius 1 is 0.667 bits per heavy atom. The van der Waals surface area contributed by atoms with Crippen molar-refractivity contribution in [3.63, 3.8) is 0 Å². The summed E-state index contributed by atoms with van der Waals surface area (Å²) >= 11 is 0. The minimum Gasteiger partial charge on any atom is -0.507 e. The highest BCUT2D eigenvalue weighted by Gasteiger charge is 2.13. The number of phenolic OH excluding ortho intramolecular Hbond substituents is 1. The fraction of sp³-hybridized carbons (Fsp3) is 0.607. The van der Waals surface area contributed by atoms with Gasteiger partial charge in [-0.1, -0.05) is 127 Å². The molecule has 0 saturated carbocycles. The maximum atomic E-state index is 12.5. The summed E-state index contributed by atoms with van der Waals surface area (Å²) in [5, 5.41) is 12.2. The molecule has 0 aliphatic rings. The van der Waals surface area contributed by atoms with Crippen LogP contribution in [0.4, 0.5) is 0 Å². The van der Waals surface area contributed by atoms with Crippen LogP contribution in [-0.2, 0) is 0 Å². The van der Waals surface area contributed by atoms with Crippen molar-refractivity contribution < 1.29 is 9.90 Å². The Morgan fingerprint density at radius 3 is 1.73 bits per heavy atom. The Hall–Kier alpha value is -1.83. The zero-order valence-electron chi connectivity index (χ0n) is 19.1. The van der Waals surface area contributed by atoms with Gasteiger partial charge in [-0.15, -0.1) is 0 Å². The Kier molecular flexibility index (Phi) is 12.3. The first-order valence-corrected chi connectivity index (χ1v) is 12.5. The summed E-state index contributed by atoms with van der Waals surface area (Å²) in [6, 6.07) is 11.4. The van der Waals surface area contributed by atoms with Gasteiger partial charge in [0.15, 0.2) is 5.78 Å². The molecule has 0 saturated heterocycles. The number of benzene rings is 2. The van der Waals surface area contributed by atoms with Crippen LogP contribution in [0.2, 0.25) is 0 Å². The molecule has 1 N–H and O–H groups in total. The molecule has 0 aliphatic heterocycles. The largest absolute Gasteiger partial charge is 0.507 e. The molecule has 0 radical (unpaired) electrons. The van der Waals surface area contributed by atoms with Gasteiger partial charge >= 0.3 is 0 Å². The molecule has 0 spiro atoms. The lowest BCUT2D eigenvalue weighted by Crippen LogP contribution is -1.99. The standard InChI is InChI=1S/C28H42O2/c1-2-3-4-5-6-7-8-9-10-11-12-13-14-15-16-21-27(29)26-23-22-24-19-17-18-20-25(24)28(26)30/h17-20,22-23,30H,2-16,21H2,1H3. The molecule has 0 amide bonds. The number of aromatic hydroxyl groups is 1. The highest BCUT2D eigenvalue weighted by Crippen LogP contribution is 2.29. The summed E-state index contributed by atoms with van der Waals surface area (Å²) in [5.74, 6) is 0.201. The fourth-order valence-corrected chi connectivity index (χ4v) is 4.27. The number of ketones is 1. The predicted octanol–water partition coefficient (Wildman–Crippen LogP) is 8.99. The van der Waals surface area contributed by atoms with Gasteiger partial charge in [-0.25, -0.2) is 0 Å². The van der Waals surface area contributed by atoms with Crippen molar-refractivity contribution in [3.8, 4) is 5.75 Å². The number of unbranched alkanes of at least 4 members (excludes halogenated alkanes) is 14. The minimum absolute atomic E-state index is 0.0629. The van der Waals surface area contributed by atoms with Crippen molar-refractivity contribution in [1.82, 2.24) is 0 Å². The normalized spacial score (nSPS) is 11.2. The summed E-state index contributed by atoms with van der Waals surface area (Å²) < 4.78 is 0. The molecule has 2 aromatic rings. The van der Waals surface area contributed by atoms with Crippen molar-refractivity contribution in [2.45, 2.75) is 110 Å². The summed E-state index contributed by atoms with van der Waals surface area (Å²) in [6.07, 6.45) is 20.4. The van der Waals surface area contributed by atoms with Crippen LogP contribution in [0.5, 0.6) is 5.75 Å². The smallest absolute Gasteiger partial charge is 0.166 e. The van der Waals surface area contributed by atoms with Crippen molar-refractivity contribution in [2.75, 3.05) is 0 Å². The highest BCUT2D eigenvalue weighted by molar-refractivity contribution is 6.04. The second kappa shape index (κ2) is 15.0. The van der Waals surface area contributed by atoms with Crippen molar-refractivity contribution in [2.24, 2.45) is 0 Å². The Bertz CT molecular complexity index is 734. The van der Waals surface area contributed by atoms with Crippen molar-refractivity contribution in [3.05, 3.63) is 42.0 Å². The summed E-state index contributed by atoms with van der Waals surface area (Å²) in [5.41, 5.74) is 0.471.